The highest BCUT2D eigenvalue weighted by Gasteiger charge is 2.64. The Balaban J connectivity index is 1.61. The van der Waals surface area contributed by atoms with Crippen LogP contribution in [0.4, 0.5) is 0 Å². The molecular weight excluding hydrogens is 328 g/mol. The number of aliphatic hydroxyl groups excluding tert-OH is 1. The second-order valence-corrected chi connectivity index (χ2v) is 10.0. The van der Waals surface area contributed by atoms with Crippen LogP contribution in [0.15, 0.2) is 5.16 Å². The molecule has 0 amide bonds. The summed E-state index contributed by atoms with van der Waals surface area (Å²) in [5.41, 5.74) is 5.99. The van der Waals surface area contributed by atoms with Crippen LogP contribution in [0.1, 0.15) is 71.6 Å². The highest BCUT2D eigenvalue weighted by Crippen LogP contribution is 2.67. The first-order chi connectivity index (χ1) is 12.3. The van der Waals surface area contributed by atoms with E-state index in [-0.39, 0.29) is 10.8 Å². The lowest BCUT2D eigenvalue weighted by Crippen LogP contribution is -2.62. The first kappa shape index (κ1) is 18.7. The Kier molecular flexibility index (Phi) is 4.64. The molecule has 0 unspecified atom stereocenters. The minimum atomic E-state index is -0.495. The van der Waals surface area contributed by atoms with Crippen molar-refractivity contribution in [1.82, 2.24) is 0 Å². The van der Waals surface area contributed by atoms with Gasteiger partial charge in [-0.05, 0) is 86.4 Å². The van der Waals surface area contributed by atoms with E-state index in [9.17, 15) is 10.2 Å². The number of rotatable bonds is 3. The average molecular weight is 365 g/mol. The lowest BCUT2D eigenvalue weighted by molar-refractivity contribution is -0.195. The quantitative estimate of drug-likeness (QED) is 0.531. The third kappa shape index (κ3) is 2.57. The number of nitrogens with two attached hydrogens (primary N) is 1. The molecule has 4 aliphatic carbocycles. The number of hydrogen-bond acceptors (Lipinski definition) is 5. The van der Waals surface area contributed by atoms with Gasteiger partial charge < -0.3 is 20.8 Å². The Morgan fingerprint density at radius 1 is 1.15 bits per heavy atom. The van der Waals surface area contributed by atoms with E-state index in [1.807, 2.05) is 0 Å². The van der Waals surface area contributed by atoms with E-state index < -0.39 is 11.7 Å². The zero-order valence-electron chi connectivity index (χ0n) is 16.4. The second-order valence-electron chi connectivity index (χ2n) is 10.0. The topological polar surface area (TPSA) is 88.1 Å². The van der Waals surface area contributed by atoms with E-state index in [0.29, 0.717) is 30.9 Å². The van der Waals surface area contributed by atoms with Gasteiger partial charge in [0.15, 0.2) is 0 Å². The molecule has 7 atom stereocenters. The predicted octanol–water partition coefficient (Wildman–Crippen LogP) is 2.84. The monoisotopic (exact) mass is 364 g/mol. The van der Waals surface area contributed by atoms with E-state index >= 15 is 0 Å². The van der Waals surface area contributed by atoms with Crippen molar-refractivity contribution in [2.45, 2.75) is 83.3 Å². The van der Waals surface area contributed by atoms with Gasteiger partial charge in [-0.15, -0.1) is 0 Å². The third-order valence-corrected chi connectivity index (χ3v) is 8.89. The molecule has 0 saturated heterocycles. The van der Waals surface area contributed by atoms with Crippen molar-refractivity contribution in [1.29, 1.82) is 0 Å². The van der Waals surface area contributed by atoms with Gasteiger partial charge in [-0.1, -0.05) is 19.0 Å². The van der Waals surface area contributed by atoms with Crippen molar-refractivity contribution < 1.29 is 15.1 Å². The number of oxime groups is 1. The van der Waals surface area contributed by atoms with Gasteiger partial charge >= 0.3 is 0 Å². The molecular formula is C21H36N2O3. The third-order valence-electron chi connectivity index (χ3n) is 8.89. The standard InChI is InChI=1S/C21H36N2O3/c1-19-7-3-8-21(19,25)16-5-4-14-12-18(24)17(23-26-11-10-22)13-20(14,2)15(16)6-9-19/h14-16,18,24-25H,3-13,22H2,1-2H3/t14-,15+,16-,18-,19+,20+,21+/m1/s1. The fraction of sp³-hybridized carbons (Fsp3) is 0.952. The lowest BCUT2D eigenvalue weighted by atomic mass is 9.44. The normalized spacial score (nSPS) is 52.3. The van der Waals surface area contributed by atoms with Crippen molar-refractivity contribution in [3.05, 3.63) is 0 Å². The molecule has 0 radical (unpaired) electrons. The van der Waals surface area contributed by atoms with Gasteiger partial charge in [-0.25, -0.2) is 0 Å². The van der Waals surface area contributed by atoms with Crippen molar-refractivity contribution in [2.75, 3.05) is 13.2 Å². The van der Waals surface area contributed by atoms with Crippen LogP contribution in [0, 0.1) is 28.6 Å². The maximum atomic E-state index is 11.7. The molecule has 0 spiro atoms. The van der Waals surface area contributed by atoms with Crippen molar-refractivity contribution >= 4 is 5.71 Å². The minimum Gasteiger partial charge on any atom is -0.394 e. The summed E-state index contributed by atoms with van der Waals surface area (Å²) in [5.74, 6) is 1.43. The summed E-state index contributed by atoms with van der Waals surface area (Å²) in [6, 6.07) is 0. The molecule has 0 aromatic carbocycles. The molecule has 26 heavy (non-hydrogen) atoms. The van der Waals surface area contributed by atoms with Crippen LogP contribution in [0.2, 0.25) is 0 Å². The number of aliphatic hydroxyl groups is 2. The van der Waals surface area contributed by atoms with Crippen LogP contribution < -0.4 is 5.73 Å². The lowest BCUT2D eigenvalue weighted by Gasteiger charge is -2.63. The summed E-state index contributed by atoms with van der Waals surface area (Å²) in [5, 5.41) is 26.6. The first-order valence-corrected chi connectivity index (χ1v) is 10.6. The molecule has 0 heterocycles. The predicted molar refractivity (Wildman–Crippen MR) is 102 cm³/mol. The zero-order valence-corrected chi connectivity index (χ0v) is 16.4. The summed E-state index contributed by atoms with van der Waals surface area (Å²) in [6.45, 7) is 5.53. The van der Waals surface area contributed by atoms with Crippen LogP contribution in [-0.4, -0.2) is 40.8 Å². The molecule has 0 bridgehead atoms. The Labute approximate surface area is 157 Å². The van der Waals surface area contributed by atoms with E-state index in [2.05, 4.69) is 19.0 Å². The summed E-state index contributed by atoms with van der Waals surface area (Å²) in [7, 11) is 0. The smallest absolute Gasteiger partial charge is 0.129 e. The molecule has 4 fully saturated rings. The van der Waals surface area contributed by atoms with Gasteiger partial charge in [0.25, 0.3) is 0 Å². The molecule has 0 aliphatic heterocycles. The second kappa shape index (κ2) is 6.46. The van der Waals surface area contributed by atoms with Gasteiger partial charge in [0.2, 0.25) is 0 Å². The largest absolute Gasteiger partial charge is 0.394 e. The van der Waals surface area contributed by atoms with Crippen LogP contribution in [-0.2, 0) is 4.84 Å². The fourth-order valence-electron chi connectivity index (χ4n) is 7.34. The van der Waals surface area contributed by atoms with Crippen molar-refractivity contribution in [2.24, 2.45) is 39.5 Å². The molecule has 5 nitrogen and oxygen atoms in total. The van der Waals surface area contributed by atoms with E-state index in [1.54, 1.807) is 0 Å². The van der Waals surface area contributed by atoms with Crippen LogP contribution in [0.25, 0.3) is 0 Å². The fourth-order valence-corrected chi connectivity index (χ4v) is 7.34. The summed E-state index contributed by atoms with van der Waals surface area (Å²) in [6.07, 6.45) is 8.93. The number of fused-ring (bicyclic) bond motifs is 5. The van der Waals surface area contributed by atoms with Crippen LogP contribution in [0.5, 0.6) is 0 Å². The Hall–Kier alpha value is -0.650. The van der Waals surface area contributed by atoms with Crippen LogP contribution >= 0.6 is 0 Å². The first-order valence-electron chi connectivity index (χ1n) is 10.6. The SMILES string of the molecule is C[C@]12CC(=NOCCN)[C@H](O)C[C@H]1CC[C@@H]1[C@@H]2CC[C@]2(C)CCC[C@]12O. The molecule has 4 aliphatic rings. The maximum absolute atomic E-state index is 11.7. The summed E-state index contributed by atoms with van der Waals surface area (Å²) >= 11 is 0. The Morgan fingerprint density at radius 2 is 1.96 bits per heavy atom. The average Bonchev–Trinajstić information content (AvgIpc) is 2.91. The molecule has 4 saturated carbocycles. The highest BCUT2D eigenvalue weighted by atomic mass is 16.6. The van der Waals surface area contributed by atoms with Gasteiger partial charge in [0.05, 0.1) is 17.4 Å². The van der Waals surface area contributed by atoms with Gasteiger partial charge in [-0.3, -0.25) is 0 Å². The van der Waals surface area contributed by atoms with Gasteiger partial charge in [0, 0.05) is 6.54 Å². The molecule has 0 aromatic heterocycles. The van der Waals surface area contributed by atoms with E-state index in [0.717, 1.165) is 50.7 Å². The number of nitrogens with zero attached hydrogens (tertiary/aromatic N) is 1. The molecule has 5 heteroatoms. The molecule has 4 N–H and O–H groups in total. The van der Waals surface area contributed by atoms with Gasteiger partial charge in [0.1, 0.15) is 6.61 Å². The Bertz CT molecular complexity index is 582. The maximum Gasteiger partial charge on any atom is 0.129 e. The molecule has 148 valence electrons. The van der Waals surface area contributed by atoms with Crippen molar-refractivity contribution in [3.8, 4) is 0 Å². The van der Waals surface area contributed by atoms with Crippen molar-refractivity contribution in [3.63, 3.8) is 0 Å². The summed E-state index contributed by atoms with van der Waals surface area (Å²) in [4.78, 5) is 5.31. The van der Waals surface area contributed by atoms with Gasteiger partial charge in [-0.2, -0.15) is 0 Å². The highest BCUT2D eigenvalue weighted by molar-refractivity contribution is 5.89. The minimum absolute atomic E-state index is 0.104. The van der Waals surface area contributed by atoms with E-state index in [4.69, 9.17) is 10.6 Å². The van der Waals surface area contributed by atoms with E-state index in [1.165, 1.54) is 12.8 Å². The number of hydrogen-bond donors (Lipinski definition) is 3. The van der Waals surface area contributed by atoms with Crippen LogP contribution in [0.3, 0.4) is 0 Å². The zero-order chi connectivity index (χ0) is 18.6. The molecule has 0 aromatic rings. The molecule has 4 rings (SSSR count). The summed E-state index contributed by atoms with van der Waals surface area (Å²) < 4.78 is 0. The Morgan fingerprint density at radius 3 is 2.73 bits per heavy atom.